The number of hydrogen-bond acceptors (Lipinski definition) is 2. The van der Waals surface area contributed by atoms with E-state index in [1.54, 1.807) is 0 Å². The van der Waals surface area contributed by atoms with Gasteiger partial charge in [-0.25, -0.2) is 4.79 Å². The summed E-state index contributed by atoms with van der Waals surface area (Å²) >= 11 is 0. The van der Waals surface area contributed by atoms with Crippen LogP contribution in [-0.2, 0) is 9.59 Å². The van der Waals surface area contributed by atoms with Gasteiger partial charge in [0.15, 0.2) is 0 Å². The summed E-state index contributed by atoms with van der Waals surface area (Å²) < 4.78 is 0. The third-order valence-electron chi connectivity index (χ3n) is 2.52. The van der Waals surface area contributed by atoms with Crippen molar-refractivity contribution in [3.8, 4) is 0 Å². The van der Waals surface area contributed by atoms with Gasteiger partial charge in [-0.2, -0.15) is 0 Å². The molecule has 1 rings (SSSR count). The summed E-state index contributed by atoms with van der Waals surface area (Å²) in [6.07, 6.45) is 1.02. The molecule has 0 unspecified atom stereocenters. The van der Waals surface area contributed by atoms with Crippen molar-refractivity contribution in [1.29, 1.82) is 0 Å². The molecule has 0 spiro atoms. The highest BCUT2D eigenvalue weighted by Gasteiger charge is 2.61. The molecule has 1 aliphatic rings. The molecule has 1 fully saturated rings. The van der Waals surface area contributed by atoms with Crippen molar-refractivity contribution in [3.05, 3.63) is 0 Å². The van der Waals surface area contributed by atoms with Crippen molar-refractivity contribution in [3.63, 3.8) is 0 Å². The third-order valence-corrected chi connectivity index (χ3v) is 2.52. The minimum atomic E-state index is -0.962. The molecule has 0 bridgehead atoms. The number of amides is 1. The molecule has 0 heterocycles. The van der Waals surface area contributed by atoms with Gasteiger partial charge in [-0.05, 0) is 18.3 Å². The second-order valence-electron chi connectivity index (χ2n) is 3.59. The standard InChI is InChI=1S/C8H13NO3/c1-5(2)6-3-8(6,7(11)12)9-4-10/h4-6H,3H2,1-2H3,(H,9,10)(H,11,12)/t6-,8+/m1/s1. The van der Waals surface area contributed by atoms with E-state index in [9.17, 15) is 9.59 Å². The van der Waals surface area contributed by atoms with Crippen LogP contribution in [0.5, 0.6) is 0 Å². The van der Waals surface area contributed by atoms with Crippen LogP contribution in [-0.4, -0.2) is 23.0 Å². The van der Waals surface area contributed by atoms with Gasteiger partial charge in [-0.15, -0.1) is 0 Å². The molecular formula is C8H13NO3. The van der Waals surface area contributed by atoms with Crippen molar-refractivity contribution >= 4 is 12.4 Å². The molecule has 0 aromatic carbocycles. The molecule has 12 heavy (non-hydrogen) atoms. The molecule has 1 aliphatic carbocycles. The van der Waals surface area contributed by atoms with Gasteiger partial charge in [0.25, 0.3) is 0 Å². The van der Waals surface area contributed by atoms with Crippen molar-refractivity contribution in [2.45, 2.75) is 25.8 Å². The Bertz CT molecular complexity index is 214. The Labute approximate surface area is 71.0 Å². The van der Waals surface area contributed by atoms with E-state index in [1.807, 2.05) is 13.8 Å². The van der Waals surface area contributed by atoms with Crippen molar-refractivity contribution in [2.24, 2.45) is 11.8 Å². The normalized spacial score (nSPS) is 33.1. The largest absolute Gasteiger partial charge is 0.479 e. The summed E-state index contributed by atoms with van der Waals surface area (Å²) in [7, 11) is 0. The number of carboxylic acid groups (broad SMARTS) is 1. The van der Waals surface area contributed by atoms with Crippen LogP contribution in [0.4, 0.5) is 0 Å². The number of carboxylic acids is 1. The van der Waals surface area contributed by atoms with Crippen molar-refractivity contribution in [1.82, 2.24) is 5.32 Å². The predicted octanol–water partition coefficient (Wildman–Crippen LogP) is 0.232. The lowest BCUT2D eigenvalue weighted by Gasteiger charge is -2.12. The van der Waals surface area contributed by atoms with E-state index in [2.05, 4.69) is 5.32 Å². The molecule has 4 nitrogen and oxygen atoms in total. The van der Waals surface area contributed by atoms with Gasteiger partial charge >= 0.3 is 5.97 Å². The van der Waals surface area contributed by atoms with Gasteiger partial charge in [0.1, 0.15) is 5.54 Å². The topological polar surface area (TPSA) is 66.4 Å². The number of carbonyl (C=O) groups is 2. The highest BCUT2D eigenvalue weighted by molar-refractivity contribution is 5.85. The maximum Gasteiger partial charge on any atom is 0.329 e. The molecule has 0 aliphatic heterocycles. The number of hydrogen-bond donors (Lipinski definition) is 2. The van der Waals surface area contributed by atoms with Gasteiger partial charge in [0, 0.05) is 0 Å². The van der Waals surface area contributed by atoms with Crippen LogP contribution in [0, 0.1) is 11.8 Å². The van der Waals surface area contributed by atoms with Gasteiger partial charge in [-0.1, -0.05) is 13.8 Å². The maximum atomic E-state index is 10.8. The summed E-state index contributed by atoms with van der Waals surface area (Å²) in [4.78, 5) is 20.9. The average molecular weight is 171 g/mol. The fraction of sp³-hybridized carbons (Fsp3) is 0.750. The summed E-state index contributed by atoms with van der Waals surface area (Å²) in [6, 6.07) is 0. The second-order valence-corrected chi connectivity index (χ2v) is 3.59. The molecule has 0 radical (unpaired) electrons. The molecule has 1 saturated carbocycles. The van der Waals surface area contributed by atoms with E-state index in [1.165, 1.54) is 0 Å². The molecule has 0 aromatic heterocycles. The Morgan fingerprint density at radius 3 is 2.58 bits per heavy atom. The quantitative estimate of drug-likeness (QED) is 0.595. The smallest absolute Gasteiger partial charge is 0.329 e. The van der Waals surface area contributed by atoms with Crippen LogP contribution in [0.15, 0.2) is 0 Å². The van der Waals surface area contributed by atoms with E-state index in [4.69, 9.17) is 5.11 Å². The van der Waals surface area contributed by atoms with E-state index in [0.717, 1.165) is 0 Å². The third kappa shape index (κ3) is 1.17. The number of nitrogens with one attached hydrogen (secondary N) is 1. The first-order chi connectivity index (χ1) is 5.54. The van der Waals surface area contributed by atoms with Crippen LogP contribution in [0.1, 0.15) is 20.3 Å². The minimum absolute atomic E-state index is 0.0835. The average Bonchev–Trinajstić information content (AvgIpc) is 2.65. The molecule has 68 valence electrons. The highest BCUT2D eigenvalue weighted by Crippen LogP contribution is 2.48. The predicted molar refractivity (Wildman–Crippen MR) is 42.5 cm³/mol. The number of rotatable bonds is 4. The first-order valence-electron chi connectivity index (χ1n) is 3.99. The Kier molecular flexibility index (Phi) is 2.08. The zero-order chi connectivity index (χ0) is 9.35. The molecule has 0 aromatic rings. The Morgan fingerprint density at radius 2 is 2.33 bits per heavy atom. The van der Waals surface area contributed by atoms with Gasteiger partial charge in [0.05, 0.1) is 0 Å². The molecule has 2 N–H and O–H groups in total. The number of carbonyl (C=O) groups excluding carboxylic acids is 1. The summed E-state index contributed by atoms with van der Waals surface area (Å²) in [5, 5.41) is 11.2. The van der Waals surface area contributed by atoms with Crippen molar-refractivity contribution < 1.29 is 14.7 Å². The van der Waals surface area contributed by atoms with Gasteiger partial charge in [-0.3, -0.25) is 4.79 Å². The van der Waals surface area contributed by atoms with Crippen LogP contribution in [0.25, 0.3) is 0 Å². The fourth-order valence-corrected chi connectivity index (χ4v) is 1.67. The molecule has 0 saturated heterocycles. The summed E-state index contributed by atoms with van der Waals surface area (Å²) in [5.74, 6) is -0.540. The highest BCUT2D eigenvalue weighted by atomic mass is 16.4. The van der Waals surface area contributed by atoms with Crippen LogP contribution in [0.3, 0.4) is 0 Å². The first-order valence-corrected chi connectivity index (χ1v) is 3.99. The lowest BCUT2D eigenvalue weighted by atomic mass is 10.0. The Morgan fingerprint density at radius 1 is 1.75 bits per heavy atom. The van der Waals surface area contributed by atoms with Gasteiger partial charge < -0.3 is 10.4 Å². The van der Waals surface area contributed by atoms with Crippen LogP contribution in [0.2, 0.25) is 0 Å². The summed E-state index contributed by atoms with van der Waals surface area (Å²) in [6.45, 7) is 3.92. The fourth-order valence-electron chi connectivity index (χ4n) is 1.67. The zero-order valence-corrected chi connectivity index (χ0v) is 7.20. The summed E-state index contributed by atoms with van der Waals surface area (Å²) in [5.41, 5.74) is -0.962. The van der Waals surface area contributed by atoms with E-state index >= 15 is 0 Å². The first kappa shape index (κ1) is 9.03. The zero-order valence-electron chi connectivity index (χ0n) is 7.20. The lowest BCUT2D eigenvalue weighted by Crippen LogP contribution is -2.41. The molecule has 2 atom stereocenters. The van der Waals surface area contributed by atoms with Gasteiger partial charge in [0.2, 0.25) is 6.41 Å². The Hall–Kier alpha value is -1.06. The lowest BCUT2D eigenvalue weighted by molar-refractivity contribution is -0.142. The van der Waals surface area contributed by atoms with E-state index in [0.29, 0.717) is 18.7 Å². The molecular weight excluding hydrogens is 158 g/mol. The molecule has 1 amide bonds. The second kappa shape index (κ2) is 2.77. The SMILES string of the molecule is CC(C)[C@H]1C[C@@]1(NC=O)C(=O)O. The van der Waals surface area contributed by atoms with Crippen molar-refractivity contribution in [2.75, 3.05) is 0 Å². The monoisotopic (exact) mass is 171 g/mol. The maximum absolute atomic E-state index is 10.8. The minimum Gasteiger partial charge on any atom is -0.479 e. The molecule has 4 heteroatoms. The van der Waals surface area contributed by atoms with Crippen LogP contribution >= 0.6 is 0 Å². The van der Waals surface area contributed by atoms with E-state index in [-0.39, 0.29) is 5.92 Å². The number of aliphatic carboxylic acids is 1. The van der Waals surface area contributed by atoms with Crippen LogP contribution < -0.4 is 5.32 Å². The van der Waals surface area contributed by atoms with E-state index < -0.39 is 11.5 Å². The Balaban J connectivity index is 2.68.